The molecule has 1 saturated carbocycles. The topological polar surface area (TPSA) is 88.2 Å². The lowest BCUT2D eigenvalue weighted by Gasteiger charge is -2.37. The highest BCUT2D eigenvalue weighted by Crippen LogP contribution is 2.36. The summed E-state index contributed by atoms with van der Waals surface area (Å²) in [6, 6.07) is 7.15. The van der Waals surface area contributed by atoms with Crippen LogP contribution in [-0.4, -0.2) is 33.3 Å². The van der Waals surface area contributed by atoms with Crippen molar-refractivity contribution in [3.05, 3.63) is 35.2 Å². The molecule has 1 fully saturated rings. The number of benzene rings is 1. The second-order valence-electron chi connectivity index (χ2n) is 6.30. The molecule has 0 unspecified atom stereocenters. The van der Waals surface area contributed by atoms with E-state index in [9.17, 15) is 9.90 Å². The lowest BCUT2D eigenvalue weighted by Crippen LogP contribution is -2.52. The number of hydrogen-bond acceptors (Lipinski definition) is 5. The summed E-state index contributed by atoms with van der Waals surface area (Å²) in [6.07, 6.45) is 3.28. The van der Waals surface area contributed by atoms with E-state index in [2.05, 4.69) is 15.5 Å². The number of nitrogens with zero attached hydrogens (tertiary/aromatic N) is 2. The average Bonchev–Trinajstić information content (AvgIpc) is 2.94. The molecular formula is C17H20ClN3O3. The van der Waals surface area contributed by atoms with Crippen molar-refractivity contribution in [2.45, 2.75) is 38.2 Å². The third-order valence-corrected chi connectivity index (χ3v) is 4.81. The Balaban J connectivity index is 1.52. The summed E-state index contributed by atoms with van der Waals surface area (Å²) in [7, 11) is 0. The normalized spacial score (nSPS) is 17.1. The van der Waals surface area contributed by atoms with Crippen LogP contribution >= 0.6 is 11.6 Å². The van der Waals surface area contributed by atoms with Crippen LogP contribution in [0, 0.1) is 5.92 Å². The summed E-state index contributed by atoms with van der Waals surface area (Å²) in [6.45, 7) is 1.92. The van der Waals surface area contributed by atoms with Gasteiger partial charge in [-0.15, -0.1) is 0 Å². The fraction of sp³-hybridized carbons (Fsp3) is 0.471. The molecule has 128 valence electrons. The van der Waals surface area contributed by atoms with Crippen molar-refractivity contribution in [1.82, 2.24) is 15.5 Å². The first-order valence-corrected chi connectivity index (χ1v) is 8.44. The number of aromatic nitrogens is 2. The van der Waals surface area contributed by atoms with Gasteiger partial charge < -0.3 is 14.9 Å². The van der Waals surface area contributed by atoms with Crippen LogP contribution in [0.4, 0.5) is 0 Å². The maximum absolute atomic E-state index is 12.1. The Morgan fingerprint density at radius 3 is 2.75 bits per heavy atom. The first-order valence-electron chi connectivity index (χ1n) is 8.06. The molecule has 2 aromatic rings. The van der Waals surface area contributed by atoms with Crippen molar-refractivity contribution in [3.8, 4) is 11.4 Å². The highest BCUT2D eigenvalue weighted by molar-refractivity contribution is 6.30. The van der Waals surface area contributed by atoms with E-state index >= 15 is 0 Å². The zero-order chi connectivity index (χ0) is 17.2. The van der Waals surface area contributed by atoms with E-state index < -0.39 is 5.60 Å². The third-order valence-electron chi connectivity index (χ3n) is 4.55. The second kappa shape index (κ2) is 6.91. The Labute approximate surface area is 145 Å². The van der Waals surface area contributed by atoms with Crippen LogP contribution in [0.3, 0.4) is 0 Å². The van der Waals surface area contributed by atoms with Gasteiger partial charge in [-0.1, -0.05) is 23.2 Å². The lowest BCUT2D eigenvalue weighted by molar-refractivity contribution is -0.147. The summed E-state index contributed by atoms with van der Waals surface area (Å²) in [4.78, 5) is 16.4. The largest absolute Gasteiger partial charge is 0.380 e. The number of amides is 1. The highest BCUT2D eigenvalue weighted by atomic mass is 35.5. The Morgan fingerprint density at radius 2 is 2.12 bits per heavy atom. The van der Waals surface area contributed by atoms with Gasteiger partial charge in [0.15, 0.2) is 0 Å². The zero-order valence-electron chi connectivity index (χ0n) is 13.5. The van der Waals surface area contributed by atoms with Crippen LogP contribution in [0.25, 0.3) is 11.4 Å². The Morgan fingerprint density at radius 1 is 1.42 bits per heavy atom. The standard InChI is InChI=1S/C17H20ClN3O3/c1-17(23,12-3-2-4-12)16(22)19-10-9-14-20-15(21-24-14)11-5-7-13(18)8-6-11/h5-8,12,23H,2-4,9-10H2,1H3,(H,19,22)/t17-/m0/s1. The van der Waals surface area contributed by atoms with Gasteiger partial charge in [0, 0.05) is 23.6 Å². The van der Waals surface area contributed by atoms with Crippen LogP contribution in [-0.2, 0) is 11.2 Å². The van der Waals surface area contributed by atoms with Crippen molar-refractivity contribution < 1.29 is 14.4 Å². The van der Waals surface area contributed by atoms with Crippen molar-refractivity contribution in [3.63, 3.8) is 0 Å². The van der Waals surface area contributed by atoms with Crippen molar-refractivity contribution in [1.29, 1.82) is 0 Å². The summed E-state index contributed by atoms with van der Waals surface area (Å²) in [5.41, 5.74) is -0.493. The van der Waals surface area contributed by atoms with Gasteiger partial charge in [0.1, 0.15) is 5.60 Å². The van der Waals surface area contributed by atoms with E-state index in [4.69, 9.17) is 16.1 Å². The van der Waals surface area contributed by atoms with Crippen LogP contribution in [0.5, 0.6) is 0 Å². The SMILES string of the molecule is C[C@@](O)(C(=O)NCCc1nc(-c2ccc(Cl)cc2)no1)C1CCC1. The molecule has 7 heteroatoms. The van der Waals surface area contributed by atoms with E-state index in [-0.39, 0.29) is 11.8 Å². The maximum atomic E-state index is 12.1. The maximum Gasteiger partial charge on any atom is 0.251 e. The minimum Gasteiger partial charge on any atom is -0.380 e. The lowest BCUT2D eigenvalue weighted by atomic mass is 9.73. The molecule has 6 nitrogen and oxygen atoms in total. The minimum absolute atomic E-state index is 0.0532. The number of carbonyl (C=O) groups excluding carboxylic acids is 1. The van der Waals surface area contributed by atoms with Gasteiger partial charge in [-0.25, -0.2) is 0 Å². The predicted molar refractivity (Wildman–Crippen MR) is 89.4 cm³/mol. The Bertz CT molecular complexity index is 708. The van der Waals surface area contributed by atoms with E-state index in [0.717, 1.165) is 24.8 Å². The molecule has 1 aliphatic rings. The zero-order valence-corrected chi connectivity index (χ0v) is 14.2. The Kier molecular flexibility index (Phi) is 4.87. The molecule has 1 aromatic heterocycles. The molecule has 24 heavy (non-hydrogen) atoms. The first-order chi connectivity index (χ1) is 11.5. The quantitative estimate of drug-likeness (QED) is 0.836. The van der Waals surface area contributed by atoms with E-state index in [1.165, 1.54) is 0 Å². The summed E-state index contributed by atoms with van der Waals surface area (Å²) in [5.74, 6) is 0.625. The van der Waals surface area contributed by atoms with Crippen LogP contribution in [0.2, 0.25) is 5.02 Å². The molecule has 0 radical (unpaired) electrons. The van der Waals surface area contributed by atoms with Gasteiger partial charge in [0.25, 0.3) is 5.91 Å². The molecule has 1 atom stereocenters. The molecule has 1 heterocycles. The molecule has 0 spiro atoms. The van der Waals surface area contributed by atoms with Gasteiger partial charge in [0.05, 0.1) is 0 Å². The smallest absolute Gasteiger partial charge is 0.251 e. The predicted octanol–water partition coefficient (Wildman–Crippen LogP) is 2.60. The van der Waals surface area contributed by atoms with Crippen LogP contribution in [0.15, 0.2) is 28.8 Å². The van der Waals surface area contributed by atoms with Gasteiger partial charge in [-0.2, -0.15) is 4.98 Å². The van der Waals surface area contributed by atoms with Crippen molar-refractivity contribution >= 4 is 17.5 Å². The van der Waals surface area contributed by atoms with Crippen molar-refractivity contribution in [2.75, 3.05) is 6.54 Å². The molecular weight excluding hydrogens is 330 g/mol. The highest BCUT2D eigenvalue weighted by Gasteiger charge is 2.41. The van der Waals surface area contributed by atoms with E-state index in [0.29, 0.717) is 29.7 Å². The van der Waals surface area contributed by atoms with Gasteiger partial charge in [-0.3, -0.25) is 4.79 Å². The Hall–Kier alpha value is -1.92. The molecule has 1 aromatic carbocycles. The fourth-order valence-electron chi connectivity index (χ4n) is 2.69. The fourth-order valence-corrected chi connectivity index (χ4v) is 2.82. The van der Waals surface area contributed by atoms with Gasteiger partial charge in [0.2, 0.25) is 11.7 Å². The van der Waals surface area contributed by atoms with E-state index in [1.807, 2.05) is 12.1 Å². The number of aliphatic hydroxyl groups is 1. The molecule has 0 aliphatic heterocycles. The molecule has 1 amide bonds. The molecule has 0 bridgehead atoms. The minimum atomic E-state index is -1.30. The van der Waals surface area contributed by atoms with E-state index in [1.54, 1.807) is 19.1 Å². The van der Waals surface area contributed by atoms with Crippen LogP contribution in [0.1, 0.15) is 32.1 Å². The average molecular weight is 350 g/mol. The summed E-state index contributed by atoms with van der Waals surface area (Å²) in [5, 5.41) is 17.6. The molecule has 2 N–H and O–H groups in total. The molecule has 0 saturated heterocycles. The number of carbonyl (C=O) groups is 1. The number of hydrogen-bond donors (Lipinski definition) is 2. The molecule has 1 aliphatic carbocycles. The number of halogens is 1. The van der Waals surface area contributed by atoms with Crippen LogP contribution < -0.4 is 5.32 Å². The van der Waals surface area contributed by atoms with Gasteiger partial charge >= 0.3 is 0 Å². The first kappa shape index (κ1) is 16.9. The number of nitrogens with one attached hydrogen (secondary N) is 1. The molecule has 3 rings (SSSR count). The second-order valence-corrected chi connectivity index (χ2v) is 6.74. The number of rotatable bonds is 6. The van der Waals surface area contributed by atoms with Crippen molar-refractivity contribution in [2.24, 2.45) is 5.92 Å². The summed E-state index contributed by atoms with van der Waals surface area (Å²) < 4.78 is 5.19. The monoisotopic (exact) mass is 349 g/mol. The summed E-state index contributed by atoms with van der Waals surface area (Å²) >= 11 is 5.85. The third kappa shape index (κ3) is 3.60. The van der Waals surface area contributed by atoms with Gasteiger partial charge in [-0.05, 0) is 49.9 Å².